The third-order valence-corrected chi connectivity index (χ3v) is 3.79. The Morgan fingerprint density at radius 3 is 2.21 bits per heavy atom. The Hall–Kier alpha value is -1.16. The van der Waals surface area contributed by atoms with Crippen LogP contribution in [0, 0.1) is 5.82 Å². The summed E-state index contributed by atoms with van der Waals surface area (Å²) in [5.41, 5.74) is 0.434. The van der Waals surface area contributed by atoms with Crippen molar-refractivity contribution in [1.29, 1.82) is 0 Å². The number of anilines is 1. The third-order valence-electron chi connectivity index (χ3n) is 3.48. The van der Waals surface area contributed by atoms with E-state index in [1.807, 2.05) is 0 Å². The minimum atomic E-state index is -0.280. The highest BCUT2D eigenvalue weighted by molar-refractivity contribution is 7.80. The van der Waals surface area contributed by atoms with Crippen molar-refractivity contribution in [3.8, 4) is 0 Å². The van der Waals surface area contributed by atoms with Crippen molar-refractivity contribution in [3.05, 3.63) is 30.1 Å². The molecule has 0 saturated carbocycles. The maximum absolute atomic E-state index is 13.6. The van der Waals surface area contributed by atoms with Crippen LogP contribution in [0.2, 0.25) is 0 Å². The van der Waals surface area contributed by atoms with Crippen LogP contribution < -0.4 is 5.32 Å². The van der Waals surface area contributed by atoms with Gasteiger partial charge >= 0.3 is 0 Å². The third kappa shape index (κ3) is 4.16. The van der Waals surface area contributed by atoms with E-state index in [-0.39, 0.29) is 5.82 Å². The van der Waals surface area contributed by atoms with Crippen LogP contribution in [-0.2, 0) is 0 Å². The summed E-state index contributed by atoms with van der Waals surface area (Å²) in [5, 5.41) is 3.61. The molecular weight excluding hydrogens is 259 g/mol. The first kappa shape index (κ1) is 15.9. The fourth-order valence-electron chi connectivity index (χ4n) is 1.97. The van der Waals surface area contributed by atoms with Crippen LogP contribution in [0.5, 0.6) is 0 Å². The number of thiocarbonyl (C=S) groups is 1. The molecule has 1 N–H and O–H groups in total. The summed E-state index contributed by atoms with van der Waals surface area (Å²) in [7, 11) is 0. The Morgan fingerprint density at radius 2 is 1.74 bits per heavy atom. The number of para-hydroxylation sites is 1. The first-order chi connectivity index (χ1) is 9.01. The van der Waals surface area contributed by atoms with Gasteiger partial charge < -0.3 is 10.2 Å². The highest BCUT2D eigenvalue weighted by atomic mass is 32.1. The summed E-state index contributed by atoms with van der Waals surface area (Å²) in [6.45, 7) is 8.54. The van der Waals surface area contributed by atoms with E-state index in [0.29, 0.717) is 22.9 Å². The SMILES string of the molecule is CCC(C)N(C(=S)Nc1ccccc1F)C(C)CC. The molecule has 1 aromatic carbocycles. The Morgan fingerprint density at radius 1 is 1.21 bits per heavy atom. The molecule has 106 valence electrons. The van der Waals surface area contributed by atoms with Gasteiger partial charge in [0.05, 0.1) is 5.69 Å². The van der Waals surface area contributed by atoms with E-state index in [1.54, 1.807) is 18.2 Å². The molecule has 0 bridgehead atoms. The highest BCUT2D eigenvalue weighted by Gasteiger charge is 2.21. The lowest BCUT2D eigenvalue weighted by molar-refractivity contribution is 0.254. The fourth-order valence-corrected chi connectivity index (χ4v) is 2.44. The smallest absolute Gasteiger partial charge is 0.173 e. The minimum Gasteiger partial charge on any atom is -0.344 e. The van der Waals surface area contributed by atoms with Crippen molar-refractivity contribution < 1.29 is 4.39 Å². The molecule has 2 unspecified atom stereocenters. The monoisotopic (exact) mass is 282 g/mol. The van der Waals surface area contributed by atoms with Gasteiger partial charge in [0, 0.05) is 12.1 Å². The van der Waals surface area contributed by atoms with Crippen LogP contribution in [0.25, 0.3) is 0 Å². The van der Waals surface area contributed by atoms with Gasteiger partial charge in [-0.3, -0.25) is 0 Å². The lowest BCUT2D eigenvalue weighted by Gasteiger charge is -2.36. The van der Waals surface area contributed by atoms with E-state index in [1.165, 1.54) is 6.07 Å². The van der Waals surface area contributed by atoms with Gasteiger partial charge in [-0.05, 0) is 51.0 Å². The number of nitrogens with one attached hydrogen (secondary N) is 1. The van der Waals surface area contributed by atoms with Gasteiger partial charge in [-0.15, -0.1) is 0 Å². The molecule has 0 radical (unpaired) electrons. The van der Waals surface area contributed by atoms with Gasteiger partial charge in [0.2, 0.25) is 0 Å². The van der Waals surface area contributed by atoms with Crippen molar-refractivity contribution >= 4 is 23.0 Å². The summed E-state index contributed by atoms with van der Waals surface area (Å²) in [4.78, 5) is 2.15. The average Bonchev–Trinajstić information content (AvgIpc) is 2.41. The second kappa shape index (κ2) is 7.43. The van der Waals surface area contributed by atoms with Gasteiger partial charge in [0.15, 0.2) is 5.11 Å². The van der Waals surface area contributed by atoms with Crippen LogP contribution in [-0.4, -0.2) is 22.1 Å². The molecule has 0 saturated heterocycles. The van der Waals surface area contributed by atoms with Crippen molar-refractivity contribution in [3.63, 3.8) is 0 Å². The van der Waals surface area contributed by atoms with E-state index >= 15 is 0 Å². The van der Waals surface area contributed by atoms with Crippen molar-refractivity contribution in [2.75, 3.05) is 5.32 Å². The van der Waals surface area contributed by atoms with Gasteiger partial charge in [-0.1, -0.05) is 26.0 Å². The predicted octanol–water partition coefficient (Wildman–Crippen LogP) is 4.42. The zero-order valence-corrected chi connectivity index (χ0v) is 12.9. The van der Waals surface area contributed by atoms with Crippen LogP contribution >= 0.6 is 12.2 Å². The van der Waals surface area contributed by atoms with Gasteiger partial charge in [0.25, 0.3) is 0 Å². The second-order valence-electron chi connectivity index (χ2n) is 4.83. The number of halogens is 1. The first-order valence-electron chi connectivity index (χ1n) is 6.85. The Kier molecular flexibility index (Phi) is 6.22. The quantitative estimate of drug-likeness (QED) is 0.805. The molecule has 0 aliphatic heterocycles. The molecule has 2 atom stereocenters. The van der Waals surface area contributed by atoms with E-state index in [0.717, 1.165) is 12.8 Å². The van der Waals surface area contributed by atoms with Crippen LogP contribution in [0.1, 0.15) is 40.5 Å². The summed E-state index contributed by atoms with van der Waals surface area (Å²) >= 11 is 5.45. The molecule has 1 aromatic rings. The fraction of sp³-hybridized carbons (Fsp3) is 0.533. The van der Waals surface area contributed by atoms with Crippen molar-refractivity contribution in [1.82, 2.24) is 4.90 Å². The Balaban J connectivity index is 2.86. The summed E-state index contributed by atoms with van der Waals surface area (Å²) in [6.07, 6.45) is 2.01. The van der Waals surface area contributed by atoms with E-state index in [4.69, 9.17) is 12.2 Å². The molecular formula is C15H23FN2S. The summed E-state index contributed by atoms with van der Waals surface area (Å²) < 4.78 is 13.6. The van der Waals surface area contributed by atoms with Crippen LogP contribution in [0.3, 0.4) is 0 Å². The highest BCUT2D eigenvalue weighted by Crippen LogP contribution is 2.17. The zero-order valence-electron chi connectivity index (χ0n) is 12.1. The number of rotatable bonds is 5. The Bertz CT molecular complexity index is 412. The minimum absolute atomic E-state index is 0.280. The standard InChI is InChI=1S/C15H23FN2S/c1-5-11(3)18(12(4)6-2)15(19)17-14-10-8-7-9-13(14)16/h7-12H,5-6H2,1-4H3,(H,17,19). The molecule has 19 heavy (non-hydrogen) atoms. The van der Waals surface area contributed by atoms with Gasteiger partial charge in [-0.25, -0.2) is 4.39 Å². The largest absolute Gasteiger partial charge is 0.344 e. The molecule has 1 rings (SSSR count). The van der Waals surface area contributed by atoms with E-state index in [2.05, 4.69) is 37.9 Å². The molecule has 0 aliphatic carbocycles. The number of benzene rings is 1. The molecule has 0 aromatic heterocycles. The predicted molar refractivity (Wildman–Crippen MR) is 84.0 cm³/mol. The molecule has 0 spiro atoms. The first-order valence-corrected chi connectivity index (χ1v) is 7.25. The number of hydrogen-bond donors (Lipinski definition) is 1. The molecule has 0 amide bonds. The topological polar surface area (TPSA) is 15.3 Å². The normalized spacial score (nSPS) is 13.7. The maximum atomic E-state index is 13.6. The average molecular weight is 282 g/mol. The Labute approximate surface area is 121 Å². The summed E-state index contributed by atoms with van der Waals surface area (Å²) in [6, 6.07) is 7.27. The van der Waals surface area contributed by atoms with Gasteiger partial charge in [0.1, 0.15) is 5.82 Å². The molecule has 2 nitrogen and oxygen atoms in total. The van der Waals surface area contributed by atoms with Crippen LogP contribution in [0.4, 0.5) is 10.1 Å². The zero-order chi connectivity index (χ0) is 14.4. The summed E-state index contributed by atoms with van der Waals surface area (Å²) in [5.74, 6) is -0.280. The molecule has 0 heterocycles. The van der Waals surface area contributed by atoms with Crippen molar-refractivity contribution in [2.45, 2.75) is 52.6 Å². The molecule has 4 heteroatoms. The maximum Gasteiger partial charge on any atom is 0.173 e. The number of nitrogens with zero attached hydrogens (tertiary/aromatic N) is 1. The van der Waals surface area contributed by atoms with Gasteiger partial charge in [-0.2, -0.15) is 0 Å². The number of hydrogen-bond acceptors (Lipinski definition) is 1. The lowest BCUT2D eigenvalue weighted by atomic mass is 10.1. The molecule has 0 aliphatic rings. The second-order valence-corrected chi connectivity index (χ2v) is 5.22. The van der Waals surface area contributed by atoms with E-state index in [9.17, 15) is 4.39 Å². The van der Waals surface area contributed by atoms with Crippen molar-refractivity contribution in [2.24, 2.45) is 0 Å². The molecule has 0 fully saturated rings. The van der Waals surface area contributed by atoms with Crippen LogP contribution in [0.15, 0.2) is 24.3 Å². The lowest BCUT2D eigenvalue weighted by Crippen LogP contribution is -2.46. The van der Waals surface area contributed by atoms with E-state index < -0.39 is 0 Å².